The molecule has 2 nitrogen and oxygen atoms in total. The van der Waals surface area contributed by atoms with E-state index in [1.165, 1.54) is 6.08 Å². The van der Waals surface area contributed by atoms with Crippen molar-refractivity contribution in [2.45, 2.75) is 0 Å². The summed E-state index contributed by atoms with van der Waals surface area (Å²) in [6, 6.07) is 8.77. The molecule has 0 aromatic heterocycles. The zero-order valence-corrected chi connectivity index (χ0v) is 7.42. The van der Waals surface area contributed by atoms with Crippen molar-refractivity contribution in [3.8, 4) is 12.1 Å². The minimum Gasteiger partial charge on any atom is -0.193 e. The molecule has 1 rings (SSSR count). The molecule has 1 aromatic carbocycles. The van der Waals surface area contributed by atoms with Crippen LogP contribution in [0.5, 0.6) is 0 Å². The predicted octanol–water partition coefficient (Wildman–Crippen LogP) is 2.75. The summed E-state index contributed by atoms with van der Waals surface area (Å²) in [4.78, 5) is 0. The van der Waals surface area contributed by atoms with Crippen LogP contribution in [0.1, 0.15) is 11.1 Å². The van der Waals surface area contributed by atoms with E-state index in [9.17, 15) is 0 Å². The van der Waals surface area contributed by atoms with Gasteiger partial charge >= 0.3 is 0 Å². The molecule has 0 bridgehead atoms. The molecule has 0 fully saturated rings. The molecule has 0 atom stereocenters. The second-order valence-corrected chi connectivity index (χ2v) is 2.72. The Morgan fingerprint density at radius 1 is 1.31 bits per heavy atom. The van der Waals surface area contributed by atoms with Crippen molar-refractivity contribution in [3.63, 3.8) is 0 Å². The number of halogens is 1. The molecule has 3 heteroatoms. The Bertz CT molecular complexity index is 422. The lowest BCUT2D eigenvalue weighted by atomic mass is 10.1. The number of nitrogens with zero attached hydrogens (tertiary/aromatic N) is 2. The van der Waals surface area contributed by atoms with Gasteiger partial charge in [-0.15, -0.1) is 0 Å². The molecule has 62 valence electrons. The monoisotopic (exact) mass is 188 g/mol. The molecule has 0 aliphatic rings. The van der Waals surface area contributed by atoms with E-state index >= 15 is 0 Å². The lowest BCUT2D eigenvalue weighted by Crippen LogP contribution is -1.78. The minimum absolute atomic E-state index is 0.477. The number of hydrogen-bond acceptors (Lipinski definition) is 2. The van der Waals surface area contributed by atoms with Crippen molar-refractivity contribution in [1.82, 2.24) is 0 Å². The van der Waals surface area contributed by atoms with Gasteiger partial charge in [-0.25, -0.2) is 0 Å². The first kappa shape index (κ1) is 9.32. The second-order valence-electron chi connectivity index (χ2n) is 2.31. The zero-order valence-electron chi connectivity index (χ0n) is 6.66. The largest absolute Gasteiger partial charge is 0.193 e. The number of nitriles is 2. The van der Waals surface area contributed by atoms with Gasteiger partial charge < -0.3 is 0 Å². The Kier molecular flexibility index (Phi) is 3.09. The molecular formula is C10H5ClN2. The highest BCUT2D eigenvalue weighted by Gasteiger charge is 1.97. The standard InChI is InChI=1S/C10H5ClN2/c11-10-6-8(7-13)3-4-9(10)2-1-5-12/h1-4,6H. The summed E-state index contributed by atoms with van der Waals surface area (Å²) < 4.78 is 0. The van der Waals surface area contributed by atoms with E-state index in [4.69, 9.17) is 22.1 Å². The Labute approximate surface area is 81.3 Å². The van der Waals surface area contributed by atoms with Gasteiger partial charge in [0.25, 0.3) is 0 Å². The zero-order chi connectivity index (χ0) is 9.68. The van der Waals surface area contributed by atoms with Crippen LogP contribution in [0.4, 0.5) is 0 Å². The maximum absolute atomic E-state index is 8.55. The Morgan fingerprint density at radius 3 is 2.62 bits per heavy atom. The van der Waals surface area contributed by atoms with E-state index < -0.39 is 0 Å². The average Bonchev–Trinajstić information content (AvgIpc) is 2.16. The summed E-state index contributed by atoms with van der Waals surface area (Å²) >= 11 is 5.83. The van der Waals surface area contributed by atoms with Crippen LogP contribution in [0, 0.1) is 22.7 Å². The molecule has 0 N–H and O–H groups in total. The molecule has 0 amide bonds. The summed E-state index contributed by atoms with van der Waals surface area (Å²) in [6.45, 7) is 0. The van der Waals surface area contributed by atoms with Crippen LogP contribution >= 0.6 is 11.6 Å². The molecule has 0 aliphatic heterocycles. The van der Waals surface area contributed by atoms with Crippen LogP contribution < -0.4 is 0 Å². The van der Waals surface area contributed by atoms with E-state index in [0.29, 0.717) is 10.6 Å². The number of benzene rings is 1. The molecule has 0 radical (unpaired) electrons. The minimum atomic E-state index is 0.477. The molecule has 0 aliphatic carbocycles. The number of hydrogen-bond donors (Lipinski definition) is 0. The molecule has 1 aromatic rings. The van der Waals surface area contributed by atoms with Gasteiger partial charge in [0, 0.05) is 11.1 Å². The van der Waals surface area contributed by atoms with Gasteiger partial charge in [-0.05, 0) is 23.8 Å². The van der Waals surface area contributed by atoms with Crippen LogP contribution in [-0.4, -0.2) is 0 Å². The highest BCUT2D eigenvalue weighted by molar-refractivity contribution is 6.32. The van der Waals surface area contributed by atoms with Gasteiger partial charge in [0.15, 0.2) is 0 Å². The topological polar surface area (TPSA) is 47.6 Å². The Morgan fingerprint density at radius 2 is 2.08 bits per heavy atom. The average molecular weight is 189 g/mol. The molecule has 0 spiro atoms. The molecule has 0 saturated carbocycles. The summed E-state index contributed by atoms with van der Waals surface area (Å²) in [6.07, 6.45) is 2.94. The summed E-state index contributed by atoms with van der Waals surface area (Å²) in [5.74, 6) is 0. The van der Waals surface area contributed by atoms with Gasteiger partial charge in [-0.2, -0.15) is 10.5 Å². The molecule has 0 unspecified atom stereocenters. The van der Waals surface area contributed by atoms with Crippen molar-refractivity contribution >= 4 is 17.7 Å². The third-order valence-electron chi connectivity index (χ3n) is 1.47. The van der Waals surface area contributed by atoms with Crippen LogP contribution in [0.2, 0.25) is 5.02 Å². The maximum Gasteiger partial charge on any atom is 0.0992 e. The van der Waals surface area contributed by atoms with Crippen molar-refractivity contribution in [3.05, 3.63) is 40.4 Å². The van der Waals surface area contributed by atoms with Crippen molar-refractivity contribution in [1.29, 1.82) is 10.5 Å². The predicted molar refractivity (Wildman–Crippen MR) is 50.8 cm³/mol. The number of allylic oxidation sites excluding steroid dienone is 1. The third-order valence-corrected chi connectivity index (χ3v) is 1.79. The molecule has 13 heavy (non-hydrogen) atoms. The van der Waals surface area contributed by atoms with Crippen molar-refractivity contribution < 1.29 is 0 Å². The highest BCUT2D eigenvalue weighted by atomic mass is 35.5. The lowest BCUT2D eigenvalue weighted by molar-refractivity contribution is 1.48. The third kappa shape index (κ3) is 2.33. The number of rotatable bonds is 1. The van der Waals surface area contributed by atoms with Gasteiger partial charge in [-0.1, -0.05) is 17.7 Å². The van der Waals surface area contributed by atoms with E-state index in [0.717, 1.165) is 5.56 Å². The highest BCUT2D eigenvalue weighted by Crippen LogP contribution is 2.18. The quantitative estimate of drug-likeness (QED) is 0.637. The fourth-order valence-corrected chi connectivity index (χ4v) is 1.10. The van der Waals surface area contributed by atoms with Gasteiger partial charge in [0.05, 0.1) is 17.7 Å². The van der Waals surface area contributed by atoms with E-state index in [1.807, 2.05) is 12.1 Å². The first-order valence-corrected chi connectivity index (χ1v) is 3.91. The summed E-state index contributed by atoms with van der Waals surface area (Å²) in [5.41, 5.74) is 1.25. The molecule has 0 saturated heterocycles. The van der Waals surface area contributed by atoms with E-state index in [1.54, 1.807) is 24.3 Å². The normalized spacial score (nSPS) is 9.46. The summed E-state index contributed by atoms with van der Waals surface area (Å²) in [5, 5.41) is 17.3. The van der Waals surface area contributed by atoms with Crippen LogP contribution in [0.25, 0.3) is 6.08 Å². The van der Waals surface area contributed by atoms with Crippen LogP contribution in [0.3, 0.4) is 0 Å². The lowest BCUT2D eigenvalue weighted by Gasteiger charge is -1.96. The first-order chi connectivity index (χ1) is 6.27. The smallest absolute Gasteiger partial charge is 0.0992 e. The van der Waals surface area contributed by atoms with E-state index in [-0.39, 0.29) is 0 Å². The fourth-order valence-electron chi connectivity index (χ4n) is 0.859. The maximum atomic E-state index is 8.55. The van der Waals surface area contributed by atoms with Crippen molar-refractivity contribution in [2.24, 2.45) is 0 Å². The van der Waals surface area contributed by atoms with Gasteiger partial charge in [0.1, 0.15) is 0 Å². The summed E-state index contributed by atoms with van der Waals surface area (Å²) in [7, 11) is 0. The fraction of sp³-hybridized carbons (Fsp3) is 0. The first-order valence-electron chi connectivity index (χ1n) is 3.53. The Balaban J connectivity index is 3.09. The van der Waals surface area contributed by atoms with Crippen molar-refractivity contribution in [2.75, 3.05) is 0 Å². The van der Waals surface area contributed by atoms with E-state index in [2.05, 4.69) is 0 Å². The van der Waals surface area contributed by atoms with Gasteiger partial charge in [-0.3, -0.25) is 0 Å². The van der Waals surface area contributed by atoms with Gasteiger partial charge in [0.2, 0.25) is 0 Å². The van der Waals surface area contributed by atoms with Crippen LogP contribution in [0.15, 0.2) is 24.3 Å². The SMILES string of the molecule is N#CC=Cc1ccc(C#N)cc1Cl. The second kappa shape index (κ2) is 4.30. The molecule has 0 heterocycles. The Hall–Kier alpha value is -1.77. The van der Waals surface area contributed by atoms with Crippen LogP contribution in [-0.2, 0) is 0 Å². The molecular weight excluding hydrogens is 184 g/mol.